The number of para-hydroxylation sites is 3. The van der Waals surface area contributed by atoms with Crippen LogP contribution in [0.3, 0.4) is 0 Å². The quantitative estimate of drug-likeness (QED) is 0.148. The van der Waals surface area contributed by atoms with Crippen LogP contribution < -0.4 is 30.4 Å². The topological polar surface area (TPSA) is 12.5 Å². The molecule has 0 N–H and O–H groups in total. The molecule has 0 unspecified atom stereocenters. The fourth-order valence-electron chi connectivity index (χ4n) is 13.1. The van der Waals surface area contributed by atoms with Gasteiger partial charge in [-0.25, -0.2) is 0 Å². The van der Waals surface area contributed by atoms with Gasteiger partial charge in [0.25, 0.3) is 0 Å². The summed E-state index contributed by atoms with van der Waals surface area (Å²) >= 11 is 0. The fourth-order valence-corrected chi connectivity index (χ4v) is 18.4. The van der Waals surface area contributed by atoms with E-state index in [1.807, 2.05) is 0 Å². The van der Waals surface area contributed by atoms with Gasteiger partial charge >= 0.3 is 0 Å². The maximum atomic E-state index is 6.88. The predicted molar refractivity (Wildman–Crippen MR) is 294 cm³/mol. The SMILES string of the molecule is c1ccc(N(c2ccc3c(c2)C(c2ccccc2)(c2ccccc2)c2ccccc2-3)c2ccc3c(c2)[Si](c2ccccc2)(c2ccccc2)c2ccccc2C32c3ccccc3Oc3ccccc32)cc1. The summed E-state index contributed by atoms with van der Waals surface area (Å²) in [5.41, 5.74) is 14.5. The summed E-state index contributed by atoms with van der Waals surface area (Å²) in [6.45, 7) is 0. The number of benzene rings is 11. The van der Waals surface area contributed by atoms with Gasteiger partial charge < -0.3 is 9.64 Å². The third kappa shape index (κ3) is 5.75. The van der Waals surface area contributed by atoms with Gasteiger partial charge in [-0.15, -0.1) is 0 Å². The lowest BCUT2D eigenvalue weighted by atomic mass is 9.63. The molecule has 2 aliphatic heterocycles. The van der Waals surface area contributed by atoms with Crippen LogP contribution in [0, 0.1) is 0 Å². The molecule has 3 heteroatoms. The smallest absolute Gasteiger partial charge is 0.180 e. The van der Waals surface area contributed by atoms with Crippen LogP contribution in [-0.4, -0.2) is 8.07 Å². The molecule has 0 radical (unpaired) electrons. The average Bonchev–Trinajstić information content (AvgIpc) is 3.75. The van der Waals surface area contributed by atoms with Crippen molar-refractivity contribution in [3.8, 4) is 22.6 Å². The van der Waals surface area contributed by atoms with E-state index in [1.165, 1.54) is 65.3 Å². The summed E-state index contributed by atoms with van der Waals surface area (Å²) in [7, 11) is -3.15. The van der Waals surface area contributed by atoms with E-state index in [0.717, 1.165) is 39.7 Å². The lowest BCUT2D eigenvalue weighted by Gasteiger charge is -2.51. The molecule has 0 saturated heterocycles. The first kappa shape index (κ1) is 41.2. The maximum Gasteiger partial charge on any atom is 0.180 e. The van der Waals surface area contributed by atoms with Crippen LogP contribution in [0.25, 0.3) is 11.1 Å². The van der Waals surface area contributed by atoms with Crippen molar-refractivity contribution < 1.29 is 4.74 Å². The summed E-state index contributed by atoms with van der Waals surface area (Å²) in [5, 5.41) is 5.43. The summed E-state index contributed by atoms with van der Waals surface area (Å²) in [4.78, 5) is 2.50. The first-order valence-electron chi connectivity index (χ1n) is 24.7. The third-order valence-corrected chi connectivity index (χ3v) is 20.6. The molecule has 0 atom stereocenters. The van der Waals surface area contributed by atoms with Gasteiger partial charge in [0, 0.05) is 28.2 Å². The highest BCUT2D eigenvalue weighted by Gasteiger charge is 2.58. The molecular weight excluding hydrogens is 875 g/mol. The van der Waals surface area contributed by atoms with Gasteiger partial charge in [-0.2, -0.15) is 0 Å². The maximum absolute atomic E-state index is 6.88. The molecule has 334 valence electrons. The van der Waals surface area contributed by atoms with Crippen molar-refractivity contribution in [3.05, 3.63) is 330 Å². The summed E-state index contributed by atoms with van der Waals surface area (Å²) in [5.74, 6) is 1.77. The first-order chi connectivity index (χ1) is 35.2. The lowest BCUT2D eigenvalue weighted by molar-refractivity contribution is 0.435. The Morgan fingerprint density at radius 3 is 1.32 bits per heavy atom. The van der Waals surface area contributed by atoms with E-state index < -0.39 is 18.9 Å². The number of hydrogen-bond donors (Lipinski definition) is 0. The molecule has 0 aromatic heterocycles. The Hall–Kier alpha value is -8.76. The zero-order chi connectivity index (χ0) is 47.0. The molecule has 14 rings (SSSR count). The van der Waals surface area contributed by atoms with E-state index in [0.29, 0.717) is 0 Å². The Labute approximate surface area is 416 Å². The van der Waals surface area contributed by atoms with E-state index in [1.54, 1.807) is 0 Å². The van der Waals surface area contributed by atoms with Crippen LogP contribution in [0.4, 0.5) is 17.1 Å². The number of nitrogens with zero attached hydrogens (tertiary/aromatic N) is 1. The zero-order valence-corrected chi connectivity index (χ0v) is 40.0. The van der Waals surface area contributed by atoms with Crippen LogP contribution in [-0.2, 0) is 10.8 Å². The van der Waals surface area contributed by atoms with Crippen LogP contribution in [0.15, 0.2) is 285 Å². The van der Waals surface area contributed by atoms with Gasteiger partial charge in [0.2, 0.25) is 0 Å². The highest BCUT2D eigenvalue weighted by Crippen LogP contribution is 2.59. The zero-order valence-electron chi connectivity index (χ0n) is 39.0. The normalized spacial score (nSPS) is 14.6. The Kier molecular flexibility index (Phi) is 9.39. The molecule has 2 heterocycles. The molecule has 1 spiro atoms. The Bertz CT molecular complexity index is 3670. The second-order valence-corrected chi connectivity index (χ2v) is 22.8. The van der Waals surface area contributed by atoms with E-state index in [2.05, 4.69) is 290 Å². The highest BCUT2D eigenvalue weighted by atomic mass is 28.3. The van der Waals surface area contributed by atoms with Crippen LogP contribution >= 0.6 is 0 Å². The highest BCUT2D eigenvalue weighted by molar-refractivity contribution is 7.20. The van der Waals surface area contributed by atoms with E-state index >= 15 is 0 Å². The standard InChI is InChI=1S/C68H47NOSi/c1-6-24-48(25-7-1)67(49-26-8-2-9-27-49)57-35-17-16-34-55(57)56-44-42-51(46-62(56)67)69(50-28-10-3-11-29-50)52-43-45-61-66(47-52)71(53-30-12-4-13-31-53,54-32-14-5-15-33-54)65-41-23-20-38-60(65)68(61)58-36-18-21-39-63(58)70-64-40-22-19-37-59(64)68/h1-47H. The number of rotatable bonds is 7. The number of ether oxygens (including phenoxy) is 1. The molecule has 11 aromatic carbocycles. The molecular formula is C68H47NOSi. The minimum absolute atomic E-state index is 0.550. The van der Waals surface area contributed by atoms with Crippen molar-refractivity contribution in [2.45, 2.75) is 10.8 Å². The van der Waals surface area contributed by atoms with Gasteiger partial charge in [-0.3, -0.25) is 0 Å². The van der Waals surface area contributed by atoms with E-state index in [4.69, 9.17) is 4.74 Å². The van der Waals surface area contributed by atoms with E-state index in [9.17, 15) is 0 Å². The van der Waals surface area contributed by atoms with Crippen molar-refractivity contribution in [3.63, 3.8) is 0 Å². The largest absolute Gasteiger partial charge is 0.457 e. The molecule has 0 fully saturated rings. The summed E-state index contributed by atoms with van der Waals surface area (Å²) < 4.78 is 6.88. The van der Waals surface area contributed by atoms with Gasteiger partial charge in [0.05, 0.1) is 10.8 Å². The number of anilines is 3. The molecule has 0 amide bonds. The van der Waals surface area contributed by atoms with Crippen LogP contribution in [0.5, 0.6) is 11.5 Å². The predicted octanol–water partition coefficient (Wildman–Crippen LogP) is 13.7. The third-order valence-electron chi connectivity index (χ3n) is 15.7. The fraction of sp³-hybridized carbons (Fsp3) is 0.0294. The average molecular weight is 922 g/mol. The Balaban J connectivity index is 1.10. The van der Waals surface area contributed by atoms with Gasteiger partial charge in [-0.1, -0.05) is 237 Å². The Morgan fingerprint density at radius 1 is 0.282 bits per heavy atom. The minimum Gasteiger partial charge on any atom is -0.457 e. The second kappa shape index (κ2) is 16.2. The van der Waals surface area contributed by atoms with E-state index in [-0.39, 0.29) is 0 Å². The molecule has 2 nitrogen and oxygen atoms in total. The Morgan fingerprint density at radius 2 is 0.718 bits per heavy atom. The molecule has 11 aromatic rings. The monoisotopic (exact) mass is 921 g/mol. The molecule has 71 heavy (non-hydrogen) atoms. The summed E-state index contributed by atoms with van der Waals surface area (Å²) in [6, 6.07) is 106. The summed E-state index contributed by atoms with van der Waals surface area (Å²) in [6.07, 6.45) is 0. The molecule has 3 aliphatic rings. The van der Waals surface area contributed by atoms with Gasteiger partial charge in [0.1, 0.15) is 11.5 Å². The number of fused-ring (bicyclic) bond motifs is 11. The van der Waals surface area contributed by atoms with Crippen molar-refractivity contribution in [1.29, 1.82) is 0 Å². The molecule has 1 aliphatic carbocycles. The van der Waals surface area contributed by atoms with Gasteiger partial charge in [-0.05, 0) is 114 Å². The van der Waals surface area contributed by atoms with Crippen molar-refractivity contribution in [2.24, 2.45) is 0 Å². The van der Waals surface area contributed by atoms with Crippen molar-refractivity contribution >= 4 is 45.9 Å². The van der Waals surface area contributed by atoms with Crippen LogP contribution in [0.1, 0.15) is 44.5 Å². The number of hydrogen-bond acceptors (Lipinski definition) is 2. The van der Waals surface area contributed by atoms with Crippen LogP contribution in [0.2, 0.25) is 0 Å². The van der Waals surface area contributed by atoms with Gasteiger partial charge in [0.15, 0.2) is 8.07 Å². The first-order valence-corrected chi connectivity index (χ1v) is 26.7. The lowest BCUT2D eigenvalue weighted by Crippen LogP contribution is -2.79. The molecule has 0 bridgehead atoms. The van der Waals surface area contributed by atoms with Crippen molar-refractivity contribution in [1.82, 2.24) is 0 Å². The molecule has 0 saturated carbocycles. The second-order valence-electron chi connectivity index (χ2n) is 19.0. The van der Waals surface area contributed by atoms with Crippen molar-refractivity contribution in [2.75, 3.05) is 4.90 Å². The minimum atomic E-state index is -3.15.